The Morgan fingerprint density at radius 1 is 1.43 bits per heavy atom. The lowest BCUT2D eigenvalue weighted by Crippen LogP contribution is -2.47. The molecule has 0 fully saturated rings. The van der Waals surface area contributed by atoms with Gasteiger partial charge in [-0.15, -0.1) is 0 Å². The summed E-state index contributed by atoms with van der Waals surface area (Å²) in [5.41, 5.74) is 6.85. The van der Waals surface area contributed by atoms with E-state index < -0.39 is 0 Å². The topological polar surface area (TPSA) is 55.6 Å². The fourth-order valence-corrected chi connectivity index (χ4v) is 2.64. The molecule has 1 unspecified atom stereocenters. The maximum absolute atomic E-state index is 12.8. The zero-order chi connectivity index (χ0) is 15.5. The first-order chi connectivity index (χ1) is 9.96. The van der Waals surface area contributed by atoms with E-state index >= 15 is 0 Å². The van der Waals surface area contributed by atoms with Crippen LogP contribution in [0.15, 0.2) is 24.3 Å². The Kier molecular flexibility index (Phi) is 4.88. The number of hydrogen-bond donors (Lipinski definition) is 1. The molecule has 4 nitrogen and oxygen atoms in total. The predicted molar refractivity (Wildman–Crippen MR) is 84.3 cm³/mol. The molecule has 0 bridgehead atoms. The Bertz CT molecular complexity index is 474. The van der Waals surface area contributed by atoms with Crippen LogP contribution in [0.2, 0.25) is 0 Å². The molecule has 0 aromatic heterocycles. The van der Waals surface area contributed by atoms with Gasteiger partial charge in [-0.1, -0.05) is 39.0 Å². The van der Waals surface area contributed by atoms with E-state index in [0.29, 0.717) is 19.5 Å². The number of benzene rings is 1. The number of carbonyl (C=O) groups excluding carboxylic acids is 1. The van der Waals surface area contributed by atoms with E-state index in [1.54, 1.807) is 0 Å². The van der Waals surface area contributed by atoms with Gasteiger partial charge in [0.2, 0.25) is 0 Å². The number of rotatable bonds is 6. The Morgan fingerprint density at radius 2 is 2.14 bits per heavy atom. The maximum atomic E-state index is 12.8. The first kappa shape index (κ1) is 15.8. The van der Waals surface area contributed by atoms with Crippen LogP contribution in [-0.2, 0) is 11.2 Å². The summed E-state index contributed by atoms with van der Waals surface area (Å²) in [6, 6.07) is 7.87. The highest BCUT2D eigenvalue weighted by Crippen LogP contribution is 2.29. The summed E-state index contributed by atoms with van der Waals surface area (Å²) in [7, 11) is 0. The molecule has 1 aliphatic rings. The number of para-hydroxylation sites is 1. The van der Waals surface area contributed by atoms with Gasteiger partial charge in [-0.05, 0) is 30.0 Å². The second kappa shape index (κ2) is 6.48. The molecular formula is C17H26N2O2. The van der Waals surface area contributed by atoms with Crippen molar-refractivity contribution in [1.29, 1.82) is 0 Å². The predicted octanol–water partition coefficient (Wildman–Crippen LogP) is 2.21. The van der Waals surface area contributed by atoms with E-state index in [-0.39, 0.29) is 17.4 Å². The maximum Gasteiger partial charge on any atom is 0.264 e. The molecule has 116 valence electrons. The number of nitrogens with two attached hydrogens (primary N) is 1. The monoisotopic (exact) mass is 290 g/mol. The van der Waals surface area contributed by atoms with Crippen LogP contribution in [0.5, 0.6) is 5.75 Å². The van der Waals surface area contributed by atoms with Crippen molar-refractivity contribution in [3.8, 4) is 5.75 Å². The van der Waals surface area contributed by atoms with Crippen molar-refractivity contribution in [3.63, 3.8) is 0 Å². The van der Waals surface area contributed by atoms with Crippen molar-refractivity contribution < 1.29 is 9.53 Å². The average Bonchev–Trinajstić information content (AvgIpc) is 2.89. The number of hydrogen-bond acceptors (Lipinski definition) is 3. The number of amides is 1. The SMILES string of the molecule is CCCN(CC(C)(C)CN)C(=O)C1Cc2ccccc2O1. The molecule has 0 saturated heterocycles. The smallest absolute Gasteiger partial charge is 0.264 e. The van der Waals surface area contributed by atoms with Gasteiger partial charge < -0.3 is 15.4 Å². The van der Waals surface area contributed by atoms with Crippen LogP contribution in [0.3, 0.4) is 0 Å². The molecule has 1 aromatic carbocycles. The van der Waals surface area contributed by atoms with Crippen LogP contribution in [0, 0.1) is 5.41 Å². The van der Waals surface area contributed by atoms with Crippen LogP contribution in [0.25, 0.3) is 0 Å². The fraction of sp³-hybridized carbons (Fsp3) is 0.588. The van der Waals surface area contributed by atoms with Crippen LogP contribution >= 0.6 is 0 Å². The minimum atomic E-state index is -0.387. The van der Waals surface area contributed by atoms with Gasteiger partial charge in [-0.2, -0.15) is 0 Å². The Morgan fingerprint density at radius 3 is 2.76 bits per heavy atom. The normalized spacial score (nSPS) is 17.2. The largest absolute Gasteiger partial charge is 0.480 e. The second-order valence-corrected chi connectivity index (χ2v) is 6.55. The first-order valence-corrected chi connectivity index (χ1v) is 7.70. The minimum absolute atomic E-state index is 0.0731. The molecule has 1 heterocycles. The third kappa shape index (κ3) is 3.76. The van der Waals surface area contributed by atoms with Crippen molar-refractivity contribution in [2.75, 3.05) is 19.6 Å². The van der Waals surface area contributed by atoms with E-state index in [1.807, 2.05) is 29.2 Å². The minimum Gasteiger partial charge on any atom is -0.480 e. The summed E-state index contributed by atoms with van der Waals surface area (Å²) in [6.07, 6.45) is 1.21. The summed E-state index contributed by atoms with van der Waals surface area (Å²) in [6.45, 7) is 8.25. The highest BCUT2D eigenvalue weighted by Gasteiger charge is 2.33. The molecule has 1 aliphatic heterocycles. The summed E-state index contributed by atoms with van der Waals surface area (Å²) in [5.74, 6) is 0.917. The molecule has 0 radical (unpaired) electrons. The number of ether oxygens (including phenoxy) is 1. The van der Waals surface area contributed by atoms with Gasteiger partial charge in [0.05, 0.1) is 0 Å². The van der Waals surface area contributed by atoms with Crippen LogP contribution in [-0.4, -0.2) is 36.5 Å². The Balaban J connectivity index is 2.06. The van der Waals surface area contributed by atoms with Gasteiger partial charge in [0.1, 0.15) is 5.75 Å². The average molecular weight is 290 g/mol. The van der Waals surface area contributed by atoms with Gasteiger partial charge in [0, 0.05) is 19.5 Å². The van der Waals surface area contributed by atoms with Crippen LogP contribution in [0.4, 0.5) is 0 Å². The molecule has 2 N–H and O–H groups in total. The van der Waals surface area contributed by atoms with Crippen LogP contribution in [0.1, 0.15) is 32.8 Å². The number of nitrogens with zero attached hydrogens (tertiary/aromatic N) is 1. The van der Waals surface area contributed by atoms with Crippen molar-refractivity contribution in [2.45, 2.75) is 39.7 Å². The molecule has 2 rings (SSSR count). The first-order valence-electron chi connectivity index (χ1n) is 7.70. The Labute approximate surface area is 127 Å². The lowest BCUT2D eigenvalue weighted by Gasteiger charge is -2.33. The van der Waals surface area contributed by atoms with E-state index in [9.17, 15) is 4.79 Å². The van der Waals surface area contributed by atoms with Gasteiger partial charge in [-0.3, -0.25) is 4.79 Å². The van der Waals surface area contributed by atoms with Gasteiger partial charge in [0.25, 0.3) is 5.91 Å². The molecule has 1 amide bonds. The van der Waals surface area contributed by atoms with Gasteiger partial charge in [0.15, 0.2) is 6.10 Å². The fourth-order valence-electron chi connectivity index (χ4n) is 2.64. The van der Waals surface area contributed by atoms with Crippen LogP contribution < -0.4 is 10.5 Å². The van der Waals surface area contributed by atoms with E-state index in [2.05, 4.69) is 20.8 Å². The summed E-state index contributed by atoms with van der Waals surface area (Å²) in [4.78, 5) is 14.7. The molecule has 21 heavy (non-hydrogen) atoms. The lowest BCUT2D eigenvalue weighted by atomic mass is 9.92. The van der Waals surface area contributed by atoms with Crippen molar-refractivity contribution in [2.24, 2.45) is 11.1 Å². The molecule has 1 atom stereocenters. The van der Waals surface area contributed by atoms with Crippen molar-refractivity contribution >= 4 is 5.91 Å². The molecule has 0 saturated carbocycles. The summed E-state index contributed by atoms with van der Waals surface area (Å²) < 4.78 is 5.82. The number of carbonyl (C=O) groups is 1. The highest BCUT2D eigenvalue weighted by atomic mass is 16.5. The van der Waals surface area contributed by atoms with Crippen molar-refractivity contribution in [3.05, 3.63) is 29.8 Å². The van der Waals surface area contributed by atoms with Gasteiger partial charge >= 0.3 is 0 Å². The molecule has 1 aromatic rings. The third-order valence-corrected chi connectivity index (χ3v) is 3.90. The lowest BCUT2D eigenvalue weighted by molar-refractivity contribution is -0.139. The van der Waals surface area contributed by atoms with Gasteiger partial charge in [-0.25, -0.2) is 0 Å². The third-order valence-electron chi connectivity index (χ3n) is 3.90. The highest BCUT2D eigenvalue weighted by molar-refractivity contribution is 5.82. The standard InChI is InChI=1S/C17H26N2O2/c1-4-9-19(12-17(2,3)11-18)16(20)15-10-13-7-5-6-8-14(13)21-15/h5-8,15H,4,9-12,18H2,1-3H3. The molecule has 0 aliphatic carbocycles. The summed E-state index contributed by atoms with van der Waals surface area (Å²) >= 11 is 0. The quantitative estimate of drug-likeness (QED) is 0.874. The zero-order valence-electron chi connectivity index (χ0n) is 13.3. The van der Waals surface area contributed by atoms with E-state index in [1.165, 1.54) is 0 Å². The van der Waals surface area contributed by atoms with E-state index in [0.717, 1.165) is 24.3 Å². The van der Waals surface area contributed by atoms with E-state index in [4.69, 9.17) is 10.5 Å². The van der Waals surface area contributed by atoms with Crippen molar-refractivity contribution in [1.82, 2.24) is 4.90 Å². The summed E-state index contributed by atoms with van der Waals surface area (Å²) in [5, 5.41) is 0. The molecule has 0 spiro atoms. The zero-order valence-corrected chi connectivity index (χ0v) is 13.3. The molecular weight excluding hydrogens is 264 g/mol. The Hall–Kier alpha value is -1.55. The second-order valence-electron chi connectivity index (χ2n) is 6.55. The molecule has 4 heteroatoms. The number of fused-ring (bicyclic) bond motifs is 1.